The van der Waals surface area contributed by atoms with Gasteiger partial charge in [0.2, 0.25) is 5.91 Å². The van der Waals surface area contributed by atoms with Gasteiger partial charge in [0, 0.05) is 24.5 Å². The average Bonchev–Trinajstić information content (AvgIpc) is 2.99. The van der Waals surface area contributed by atoms with Gasteiger partial charge in [0.15, 0.2) is 0 Å². The number of carbonyl (C=O) groups excluding carboxylic acids is 1. The molecule has 130 valence electrons. The van der Waals surface area contributed by atoms with Gasteiger partial charge in [-0.05, 0) is 72.4 Å². The predicted molar refractivity (Wildman–Crippen MR) is 93.1 cm³/mol. The monoisotopic (exact) mass is 320 g/mol. The molecule has 1 aliphatic rings. The van der Waals surface area contributed by atoms with Gasteiger partial charge < -0.3 is 9.88 Å². The summed E-state index contributed by atoms with van der Waals surface area (Å²) in [7, 11) is 0. The Morgan fingerprint density at radius 2 is 2.04 bits per heavy atom. The van der Waals surface area contributed by atoms with E-state index in [1.807, 2.05) is 46.4 Å². The Bertz CT molecular complexity index is 470. The number of hydrogen-bond acceptors (Lipinski definition) is 3. The maximum absolute atomic E-state index is 12.3. The van der Waals surface area contributed by atoms with E-state index in [1.54, 1.807) is 0 Å². The summed E-state index contributed by atoms with van der Waals surface area (Å²) in [4.78, 5) is 18.7. The standard InChI is InChI=1S/C18H32N4O/c1-15(17(23)20-18(2,3)4)22-11-7-16(8-12-22)6-5-10-21-13-9-19-14-21/h9,13-16H,5-8,10-12H2,1-4H3,(H,20,23)/t15-/m0/s1. The fraction of sp³-hybridized carbons (Fsp3) is 0.778. The number of aryl methyl sites for hydroxylation is 1. The van der Waals surface area contributed by atoms with Crippen molar-refractivity contribution >= 4 is 5.91 Å². The van der Waals surface area contributed by atoms with Crippen LogP contribution in [-0.4, -0.2) is 45.0 Å². The summed E-state index contributed by atoms with van der Waals surface area (Å²) >= 11 is 0. The smallest absolute Gasteiger partial charge is 0.237 e. The van der Waals surface area contributed by atoms with Crippen molar-refractivity contribution in [3.8, 4) is 0 Å². The molecule has 0 unspecified atom stereocenters. The van der Waals surface area contributed by atoms with Crippen LogP contribution in [0.3, 0.4) is 0 Å². The molecule has 1 saturated heterocycles. The Morgan fingerprint density at radius 3 is 2.61 bits per heavy atom. The summed E-state index contributed by atoms with van der Waals surface area (Å²) in [6.45, 7) is 11.3. The second-order valence-corrected chi connectivity index (χ2v) is 7.84. The lowest BCUT2D eigenvalue weighted by Gasteiger charge is -2.36. The number of nitrogens with zero attached hydrogens (tertiary/aromatic N) is 3. The molecule has 0 spiro atoms. The van der Waals surface area contributed by atoms with E-state index in [1.165, 1.54) is 25.7 Å². The van der Waals surface area contributed by atoms with Gasteiger partial charge >= 0.3 is 0 Å². The van der Waals surface area contributed by atoms with E-state index in [4.69, 9.17) is 0 Å². The fourth-order valence-electron chi connectivity index (χ4n) is 3.25. The number of imidazole rings is 1. The van der Waals surface area contributed by atoms with Crippen LogP contribution in [0.2, 0.25) is 0 Å². The number of aromatic nitrogens is 2. The van der Waals surface area contributed by atoms with Crippen molar-refractivity contribution in [2.45, 2.75) is 71.5 Å². The van der Waals surface area contributed by atoms with Gasteiger partial charge in [0.05, 0.1) is 12.4 Å². The van der Waals surface area contributed by atoms with Crippen LogP contribution in [0, 0.1) is 5.92 Å². The van der Waals surface area contributed by atoms with E-state index in [0.717, 1.165) is 25.6 Å². The number of piperidine rings is 1. The lowest BCUT2D eigenvalue weighted by Crippen LogP contribution is -2.52. The summed E-state index contributed by atoms with van der Waals surface area (Å²) in [6, 6.07) is -0.0267. The molecule has 0 saturated carbocycles. The Balaban J connectivity index is 1.67. The lowest BCUT2D eigenvalue weighted by atomic mass is 9.91. The molecule has 0 bridgehead atoms. The first-order valence-corrected chi connectivity index (χ1v) is 8.87. The molecule has 0 aromatic carbocycles. The highest BCUT2D eigenvalue weighted by atomic mass is 16.2. The fourth-order valence-corrected chi connectivity index (χ4v) is 3.25. The molecule has 5 nitrogen and oxygen atoms in total. The van der Waals surface area contributed by atoms with Crippen LogP contribution in [-0.2, 0) is 11.3 Å². The minimum Gasteiger partial charge on any atom is -0.350 e. The third-order valence-electron chi connectivity index (χ3n) is 4.66. The zero-order chi connectivity index (χ0) is 16.9. The highest BCUT2D eigenvalue weighted by Gasteiger charge is 2.28. The van der Waals surface area contributed by atoms with Crippen molar-refractivity contribution in [1.82, 2.24) is 19.8 Å². The Kier molecular flexibility index (Phi) is 6.22. The van der Waals surface area contributed by atoms with Crippen LogP contribution < -0.4 is 5.32 Å². The highest BCUT2D eigenvalue weighted by molar-refractivity contribution is 5.81. The van der Waals surface area contributed by atoms with Crippen LogP contribution in [0.15, 0.2) is 18.7 Å². The second-order valence-electron chi connectivity index (χ2n) is 7.84. The van der Waals surface area contributed by atoms with E-state index in [2.05, 4.69) is 19.8 Å². The summed E-state index contributed by atoms with van der Waals surface area (Å²) in [5, 5.41) is 3.09. The first kappa shape index (κ1) is 18.0. The van der Waals surface area contributed by atoms with Crippen molar-refractivity contribution in [2.24, 2.45) is 5.92 Å². The highest BCUT2D eigenvalue weighted by Crippen LogP contribution is 2.23. The molecule has 1 aromatic heterocycles. The van der Waals surface area contributed by atoms with Gasteiger partial charge in [-0.15, -0.1) is 0 Å². The molecule has 1 amide bonds. The average molecular weight is 320 g/mol. The molecule has 0 aliphatic carbocycles. The molecular weight excluding hydrogens is 288 g/mol. The molecule has 2 heterocycles. The zero-order valence-electron chi connectivity index (χ0n) is 15.1. The van der Waals surface area contributed by atoms with E-state index in [9.17, 15) is 4.79 Å². The van der Waals surface area contributed by atoms with Gasteiger partial charge in [-0.1, -0.05) is 0 Å². The van der Waals surface area contributed by atoms with Crippen molar-refractivity contribution in [2.75, 3.05) is 13.1 Å². The van der Waals surface area contributed by atoms with Crippen molar-refractivity contribution in [1.29, 1.82) is 0 Å². The normalized spacial score (nSPS) is 18.8. The van der Waals surface area contributed by atoms with Crippen LogP contribution in [0.5, 0.6) is 0 Å². The summed E-state index contributed by atoms with van der Waals surface area (Å²) in [5.74, 6) is 0.948. The molecule has 2 rings (SSSR count). The number of likely N-dealkylation sites (tertiary alicyclic amines) is 1. The molecule has 1 fully saturated rings. The van der Waals surface area contributed by atoms with E-state index >= 15 is 0 Å². The lowest BCUT2D eigenvalue weighted by molar-refractivity contribution is -0.127. The largest absolute Gasteiger partial charge is 0.350 e. The summed E-state index contributed by atoms with van der Waals surface area (Å²) in [5.41, 5.74) is -0.156. The number of hydrogen-bond donors (Lipinski definition) is 1. The van der Waals surface area contributed by atoms with Crippen LogP contribution >= 0.6 is 0 Å². The maximum Gasteiger partial charge on any atom is 0.237 e. The van der Waals surface area contributed by atoms with Crippen molar-refractivity contribution in [3.05, 3.63) is 18.7 Å². The molecule has 1 aromatic rings. The van der Waals surface area contributed by atoms with E-state index in [0.29, 0.717) is 0 Å². The van der Waals surface area contributed by atoms with Gasteiger partial charge in [-0.3, -0.25) is 9.69 Å². The minimum absolute atomic E-state index is 0.0267. The molecular formula is C18H32N4O. The number of rotatable bonds is 6. The van der Waals surface area contributed by atoms with Gasteiger partial charge in [-0.2, -0.15) is 0 Å². The summed E-state index contributed by atoms with van der Waals surface area (Å²) in [6.07, 6.45) is 10.6. The predicted octanol–water partition coefficient (Wildman–Crippen LogP) is 2.68. The quantitative estimate of drug-likeness (QED) is 0.877. The Labute approximate surface area is 140 Å². The first-order chi connectivity index (χ1) is 10.8. The first-order valence-electron chi connectivity index (χ1n) is 8.87. The topological polar surface area (TPSA) is 50.2 Å². The molecule has 23 heavy (non-hydrogen) atoms. The summed E-state index contributed by atoms with van der Waals surface area (Å²) < 4.78 is 2.15. The van der Waals surface area contributed by atoms with Crippen LogP contribution in [0.4, 0.5) is 0 Å². The van der Waals surface area contributed by atoms with E-state index < -0.39 is 0 Å². The molecule has 1 atom stereocenters. The third kappa shape index (κ3) is 5.98. The zero-order valence-corrected chi connectivity index (χ0v) is 15.1. The third-order valence-corrected chi connectivity index (χ3v) is 4.66. The van der Waals surface area contributed by atoms with Crippen LogP contribution in [0.25, 0.3) is 0 Å². The Hall–Kier alpha value is -1.36. The SMILES string of the molecule is C[C@@H](C(=O)NC(C)(C)C)N1CCC(CCCn2ccnc2)CC1. The Morgan fingerprint density at radius 1 is 1.35 bits per heavy atom. The van der Waals surface area contributed by atoms with Gasteiger partial charge in [0.25, 0.3) is 0 Å². The number of amides is 1. The molecule has 5 heteroatoms. The van der Waals surface area contributed by atoms with E-state index in [-0.39, 0.29) is 17.5 Å². The number of carbonyl (C=O) groups is 1. The minimum atomic E-state index is -0.156. The van der Waals surface area contributed by atoms with Crippen molar-refractivity contribution in [3.63, 3.8) is 0 Å². The molecule has 0 radical (unpaired) electrons. The second kappa shape index (κ2) is 7.95. The van der Waals surface area contributed by atoms with Gasteiger partial charge in [0.1, 0.15) is 0 Å². The van der Waals surface area contributed by atoms with Gasteiger partial charge in [-0.25, -0.2) is 4.98 Å². The van der Waals surface area contributed by atoms with Crippen molar-refractivity contribution < 1.29 is 4.79 Å². The molecule has 1 N–H and O–H groups in total. The maximum atomic E-state index is 12.3. The molecule has 1 aliphatic heterocycles. The number of nitrogens with one attached hydrogen (secondary N) is 1. The van der Waals surface area contributed by atoms with Crippen LogP contribution in [0.1, 0.15) is 53.4 Å².